The number of hydrogen-bond acceptors (Lipinski definition) is 1. The highest BCUT2D eigenvalue weighted by molar-refractivity contribution is 6.08. The van der Waals surface area contributed by atoms with Crippen molar-refractivity contribution in [3.05, 3.63) is 175 Å². The van der Waals surface area contributed by atoms with Gasteiger partial charge in [-0.15, -0.1) is 0 Å². The van der Waals surface area contributed by atoms with Crippen molar-refractivity contribution in [1.29, 1.82) is 0 Å². The van der Waals surface area contributed by atoms with Crippen molar-refractivity contribution in [2.24, 2.45) is 23.7 Å². The number of hydrogen-bond donors (Lipinski definition) is 0. The first-order valence-electron chi connectivity index (χ1n) is 19.8. The summed E-state index contributed by atoms with van der Waals surface area (Å²) in [4.78, 5) is 2.42. The Morgan fingerprint density at radius 1 is 0.377 bits per heavy atom. The number of nitrogens with zero attached hydrogens (tertiary/aromatic N) is 1. The van der Waals surface area contributed by atoms with Crippen LogP contribution in [0.15, 0.2) is 164 Å². The molecule has 4 fully saturated rings. The van der Waals surface area contributed by atoms with Crippen molar-refractivity contribution in [2.75, 3.05) is 4.90 Å². The lowest BCUT2D eigenvalue weighted by molar-refractivity contribution is -0.0399. The van der Waals surface area contributed by atoms with E-state index in [2.05, 4.69) is 169 Å². The van der Waals surface area contributed by atoms with Crippen LogP contribution in [-0.2, 0) is 5.41 Å². The molecule has 53 heavy (non-hydrogen) atoms. The van der Waals surface area contributed by atoms with Crippen molar-refractivity contribution >= 4 is 49.4 Å². The number of benzene rings is 8. The van der Waals surface area contributed by atoms with E-state index >= 15 is 0 Å². The zero-order valence-electron chi connectivity index (χ0n) is 29.9. The maximum absolute atomic E-state index is 2.61. The van der Waals surface area contributed by atoms with Crippen molar-refractivity contribution < 1.29 is 0 Å². The van der Waals surface area contributed by atoms with Gasteiger partial charge in [0.2, 0.25) is 0 Å². The topological polar surface area (TPSA) is 3.24 Å². The van der Waals surface area contributed by atoms with Gasteiger partial charge in [-0.25, -0.2) is 0 Å². The van der Waals surface area contributed by atoms with E-state index in [1.807, 2.05) is 0 Å². The van der Waals surface area contributed by atoms with Gasteiger partial charge in [0.15, 0.2) is 0 Å². The van der Waals surface area contributed by atoms with E-state index in [0.29, 0.717) is 0 Å². The van der Waals surface area contributed by atoms with Crippen molar-refractivity contribution in [3.63, 3.8) is 0 Å². The minimum absolute atomic E-state index is 0.184. The molecule has 0 amide bonds. The Bertz CT molecular complexity index is 2730. The van der Waals surface area contributed by atoms with Crippen LogP contribution in [0.2, 0.25) is 0 Å². The molecular weight excluding hydrogens is 639 g/mol. The molecule has 1 spiro atoms. The van der Waals surface area contributed by atoms with Crippen LogP contribution in [0.4, 0.5) is 17.1 Å². The normalized spacial score (nSPS) is 23.5. The molecule has 0 aliphatic heterocycles. The summed E-state index contributed by atoms with van der Waals surface area (Å²) in [6, 6.07) is 61.9. The Morgan fingerprint density at radius 3 is 1.75 bits per heavy atom. The summed E-state index contributed by atoms with van der Waals surface area (Å²) in [5.74, 6) is 3.44. The zero-order valence-corrected chi connectivity index (χ0v) is 29.9. The summed E-state index contributed by atoms with van der Waals surface area (Å²) in [7, 11) is 0. The molecule has 0 aromatic heterocycles. The van der Waals surface area contributed by atoms with E-state index in [1.165, 1.54) is 86.7 Å². The quantitative estimate of drug-likeness (QED) is 0.167. The van der Waals surface area contributed by atoms with Gasteiger partial charge in [-0.2, -0.15) is 0 Å². The standard InChI is InChI=1S/C52H41N/c1-2-9-38-30-44(21-17-35(38)7-1)53(45-22-24-47-40(31-45)14-13-37-8-3-4-10-46(37)47)43-19-15-36(16-20-43)39-18-23-49-48-11-5-6-12-50(48)52(51(49)32-39)41-26-33-25-34(28-41)29-42(52)27-33/h1-24,30-34,41-42H,25-29H2. The van der Waals surface area contributed by atoms with Gasteiger partial charge in [0.05, 0.1) is 0 Å². The Balaban J connectivity index is 0.972. The van der Waals surface area contributed by atoms with Gasteiger partial charge in [-0.1, -0.05) is 121 Å². The van der Waals surface area contributed by atoms with Crippen LogP contribution in [-0.4, -0.2) is 0 Å². The zero-order chi connectivity index (χ0) is 34.7. The van der Waals surface area contributed by atoms with E-state index in [-0.39, 0.29) is 5.41 Å². The van der Waals surface area contributed by atoms with Crippen LogP contribution in [0, 0.1) is 23.7 Å². The van der Waals surface area contributed by atoms with Gasteiger partial charge >= 0.3 is 0 Å². The van der Waals surface area contributed by atoms with E-state index in [9.17, 15) is 0 Å². The molecule has 5 aliphatic carbocycles. The molecular formula is C52H41N. The Morgan fingerprint density at radius 2 is 0.943 bits per heavy atom. The molecule has 13 rings (SSSR count). The molecule has 0 atom stereocenters. The summed E-state index contributed by atoms with van der Waals surface area (Å²) in [5, 5.41) is 7.62. The van der Waals surface area contributed by atoms with Crippen LogP contribution >= 0.6 is 0 Å². The second kappa shape index (κ2) is 11.2. The average Bonchev–Trinajstić information content (AvgIpc) is 3.50. The monoisotopic (exact) mass is 679 g/mol. The fourth-order valence-corrected chi connectivity index (χ4v) is 12.0. The van der Waals surface area contributed by atoms with Crippen LogP contribution < -0.4 is 4.90 Å². The maximum atomic E-state index is 2.61. The lowest BCUT2D eigenvalue weighted by Gasteiger charge is -2.61. The fraction of sp³-hybridized carbons (Fsp3) is 0.192. The Hall–Kier alpha value is -5.66. The number of rotatable bonds is 4. The van der Waals surface area contributed by atoms with Gasteiger partial charge in [-0.3, -0.25) is 0 Å². The number of anilines is 3. The van der Waals surface area contributed by atoms with Gasteiger partial charge in [0.25, 0.3) is 0 Å². The van der Waals surface area contributed by atoms with E-state index < -0.39 is 0 Å². The summed E-state index contributed by atoms with van der Waals surface area (Å²) >= 11 is 0. The van der Waals surface area contributed by atoms with Gasteiger partial charge in [0.1, 0.15) is 0 Å². The Labute approximate surface area is 311 Å². The average molecular weight is 680 g/mol. The number of fused-ring (bicyclic) bond motifs is 7. The predicted molar refractivity (Wildman–Crippen MR) is 222 cm³/mol. The first kappa shape index (κ1) is 29.9. The third-order valence-electron chi connectivity index (χ3n) is 14.0. The van der Waals surface area contributed by atoms with Crippen LogP contribution in [0.3, 0.4) is 0 Å². The lowest BCUT2D eigenvalue weighted by Crippen LogP contribution is -2.55. The molecule has 8 aromatic rings. The molecule has 8 aromatic carbocycles. The van der Waals surface area contributed by atoms with E-state index in [4.69, 9.17) is 0 Å². The first-order valence-corrected chi connectivity index (χ1v) is 19.8. The molecule has 1 heteroatoms. The predicted octanol–water partition coefficient (Wildman–Crippen LogP) is 14.0. The molecule has 4 saturated carbocycles. The van der Waals surface area contributed by atoms with Crippen LogP contribution in [0.1, 0.15) is 43.2 Å². The molecule has 254 valence electrons. The third-order valence-corrected chi connectivity index (χ3v) is 14.0. The van der Waals surface area contributed by atoms with E-state index in [1.54, 1.807) is 11.1 Å². The fourth-order valence-electron chi connectivity index (χ4n) is 12.0. The Kier molecular flexibility index (Phi) is 6.30. The van der Waals surface area contributed by atoms with E-state index in [0.717, 1.165) is 40.7 Å². The molecule has 5 aliphatic rings. The largest absolute Gasteiger partial charge is 0.310 e. The molecule has 0 radical (unpaired) electrons. The molecule has 4 bridgehead atoms. The molecule has 0 saturated heterocycles. The SMILES string of the molecule is c1ccc2c(c1)-c1ccc(-c3ccc(N(c4ccc5ccccc5c4)c4ccc5c(ccc6ccccc65)c4)cc3)cc1C21C2CC3CC(C2)CC1C3. The van der Waals surface area contributed by atoms with Gasteiger partial charge < -0.3 is 4.90 Å². The molecule has 1 nitrogen and oxygen atoms in total. The molecule has 0 N–H and O–H groups in total. The molecule has 0 unspecified atom stereocenters. The van der Waals surface area contributed by atoms with Gasteiger partial charge in [-0.05, 0) is 164 Å². The van der Waals surface area contributed by atoms with Crippen molar-refractivity contribution in [3.8, 4) is 22.3 Å². The second-order valence-corrected chi connectivity index (χ2v) is 16.6. The van der Waals surface area contributed by atoms with Crippen molar-refractivity contribution in [1.82, 2.24) is 0 Å². The lowest BCUT2D eigenvalue weighted by atomic mass is 9.43. The molecule has 0 heterocycles. The van der Waals surface area contributed by atoms with Crippen molar-refractivity contribution in [2.45, 2.75) is 37.5 Å². The smallest absolute Gasteiger partial charge is 0.0468 e. The minimum atomic E-state index is 0.184. The highest BCUT2D eigenvalue weighted by Crippen LogP contribution is 2.69. The summed E-state index contributed by atoms with van der Waals surface area (Å²) in [6.45, 7) is 0. The van der Waals surface area contributed by atoms with Gasteiger partial charge in [0, 0.05) is 22.5 Å². The minimum Gasteiger partial charge on any atom is -0.310 e. The third kappa shape index (κ3) is 4.31. The summed E-state index contributed by atoms with van der Waals surface area (Å²) in [5.41, 5.74) is 12.5. The van der Waals surface area contributed by atoms with Crippen LogP contribution in [0.25, 0.3) is 54.6 Å². The summed E-state index contributed by atoms with van der Waals surface area (Å²) < 4.78 is 0. The second-order valence-electron chi connectivity index (χ2n) is 16.6. The highest BCUT2D eigenvalue weighted by Gasteiger charge is 2.61. The first-order chi connectivity index (χ1) is 26.2. The van der Waals surface area contributed by atoms with Crippen LogP contribution in [0.5, 0.6) is 0 Å². The summed E-state index contributed by atoms with van der Waals surface area (Å²) in [6.07, 6.45) is 7.13. The maximum Gasteiger partial charge on any atom is 0.0468 e. The highest BCUT2D eigenvalue weighted by atomic mass is 15.1.